The van der Waals surface area contributed by atoms with E-state index in [1.807, 2.05) is 18.9 Å². The first-order valence-electron chi connectivity index (χ1n) is 4.04. The summed E-state index contributed by atoms with van der Waals surface area (Å²) < 4.78 is 2.51. The summed E-state index contributed by atoms with van der Waals surface area (Å²) in [6.45, 7) is 3.08. The molecule has 1 aromatic rings. The molecular formula is C8H10BrN3O. The monoisotopic (exact) mass is 243 g/mol. The van der Waals surface area contributed by atoms with Crippen molar-refractivity contribution in [1.29, 1.82) is 0 Å². The highest BCUT2D eigenvalue weighted by atomic mass is 79.9. The molecular weight excluding hydrogens is 234 g/mol. The maximum Gasteiger partial charge on any atom is 0.195 e. The van der Waals surface area contributed by atoms with Gasteiger partial charge in [0.15, 0.2) is 5.78 Å². The number of ketones is 1. The van der Waals surface area contributed by atoms with Crippen LogP contribution in [0.2, 0.25) is 0 Å². The number of hydrogen-bond acceptors (Lipinski definition) is 3. The molecule has 0 aromatic carbocycles. The number of halogens is 1. The molecule has 1 aliphatic heterocycles. The second-order valence-corrected chi connectivity index (χ2v) is 4.09. The van der Waals surface area contributed by atoms with Crippen LogP contribution in [0.5, 0.6) is 0 Å². The summed E-state index contributed by atoms with van der Waals surface area (Å²) >= 11 is 3.32. The van der Waals surface area contributed by atoms with Crippen molar-refractivity contribution >= 4 is 21.7 Å². The first-order valence-corrected chi connectivity index (χ1v) is 4.83. The Morgan fingerprint density at radius 3 is 2.92 bits per heavy atom. The van der Waals surface area contributed by atoms with Crippen molar-refractivity contribution in [2.45, 2.75) is 13.6 Å². The molecule has 0 N–H and O–H groups in total. The number of rotatable bonds is 0. The molecule has 70 valence electrons. The minimum Gasteiger partial charge on any atom is -0.291 e. The van der Waals surface area contributed by atoms with E-state index in [1.54, 1.807) is 4.68 Å². The lowest BCUT2D eigenvalue weighted by Gasteiger charge is -2.22. The van der Waals surface area contributed by atoms with Crippen molar-refractivity contribution in [3.8, 4) is 0 Å². The van der Waals surface area contributed by atoms with Gasteiger partial charge in [-0.05, 0) is 29.9 Å². The zero-order valence-corrected chi connectivity index (χ0v) is 9.13. The number of fused-ring (bicyclic) bond motifs is 1. The van der Waals surface area contributed by atoms with E-state index in [9.17, 15) is 4.79 Å². The number of carbonyl (C=O) groups is 1. The zero-order valence-electron chi connectivity index (χ0n) is 7.54. The van der Waals surface area contributed by atoms with E-state index in [2.05, 4.69) is 21.0 Å². The van der Waals surface area contributed by atoms with Gasteiger partial charge in [0.2, 0.25) is 0 Å². The Morgan fingerprint density at radius 2 is 2.23 bits per heavy atom. The standard InChI is InChI=1S/C8H10BrN3O/c1-5-7-6(13)3-11(2)4-12(7)10-8(5)9/h3-4H2,1-2H3. The molecule has 0 saturated carbocycles. The lowest BCUT2D eigenvalue weighted by atomic mass is 10.1. The van der Waals surface area contributed by atoms with Crippen molar-refractivity contribution in [3.05, 3.63) is 15.9 Å². The summed E-state index contributed by atoms with van der Waals surface area (Å²) in [7, 11) is 1.91. The van der Waals surface area contributed by atoms with Gasteiger partial charge < -0.3 is 0 Å². The summed E-state index contributed by atoms with van der Waals surface area (Å²) in [4.78, 5) is 13.5. The quantitative estimate of drug-likeness (QED) is 0.684. The fraction of sp³-hybridized carbons (Fsp3) is 0.500. The van der Waals surface area contributed by atoms with Crippen LogP contribution < -0.4 is 0 Å². The topological polar surface area (TPSA) is 38.1 Å². The SMILES string of the molecule is Cc1c(Br)nn2c1C(=O)CN(C)C2. The van der Waals surface area contributed by atoms with E-state index in [4.69, 9.17) is 0 Å². The molecule has 1 aromatic heterocycles. The molecule has 0 radical (unpaired) electrons. The zero-order chi connectivity index (χ0) is 9.59. The molecule has 1 aliphatic rings. The van der Waals surface area contributed by atoms with E-state index in [0.29, 0.717) is 13.2 Å². The Morgan fingerprint density at radius 1 is 1.54 bits per heavy atom. The minimum absolute atomic E-state index is 0.143. The average molecular weight is 244 g/mol. The molecule has 0 saturated heterocycles. The molecule has 0 fully saturated rings. The molecule has 0 spiro atoms. The molecule has 0 bridgehead atoms. The van der Waals surface area contributed by atoms with Gasteiger partial charge >= 0.3 is 0 Å². The highest BCUT2D eigenvalue weighted by Gasteiger charge is 2.25. The average Bonchev–Trinajstić information content (AvgIpc) is 2.27. The Kier molecular flexibility index (Phi) is 2.00. The summed E-state index contributed by atoms with van der Waals surface area (Å²) in [5, 5.41) is 4.22. The molecule has 5 heteroatoms. The first-order chi connectivity index (χ1) is 6.09. The van der Waals surface area contributed by atoms with Gasteiger partial charge in [-0.2, -0.15) is 5.10 Å². The summed E-state index contributed by atoms with van der Waals surface area (Å²) in [5.74, 6) is 0.143. The van der Waals surface area contributed by atoms with Gasteiger partial charge in [-0.1, -0.05) is 0 Å². The normalized spacial score (nSPS) is 17.6. The van der Waals surface area contributed by atoms with E-state index in [-0.39, 0.29) is 5.78 Å². The number of hydrogen-bond donors (Lipinski definition) is 0. The lowest BCUT2D eigenvalue weighted by Crippen LogP contribution is -2.36. The highest BCUT2D eigenvalue weighted by Crippen LogP contribution is 2.21. The molecule has 0 amide bonds. The third-order valence-electron chi connectivity index (χ3n) is 2.18. The molecule has 0 atom stereocenters. The molecule has 0 aliphatic carbocycles. The second kappa shape index (κ2) is 2.92. The number of nitrogens with zero attached hydrogens (tertiary/aromatic N) is 3. The van der Waals surface area contributed by atoms with Crippen LogP contribution in [-0.2, 0) is 6.67 Å². The maximum atomic E-state index is 11.6. The van der Waals surface area contributed by atoms with Crippen LogP contribution >= 0.6 is 15.9 Å². The summed E-state index contributed by atoms with van der Waals surface area (Å²) in [6.07, 6.45) is 0. The van der Waals surface area contributed by atoms with Gasteiger partial charge in [-0.3, -0.25) is 9.69 Å². The molecule has 4 nitrogen and oxygen atoms in total. The highest BCUT2D eigenvalue weighted by molar-refractivity contribution is 9.10. The molecule has 0 unspecified atom stereocenters. The predicted octanol–water partition coefficient (Wildman–Crippen LogP) is 1.04. The van der Waals surface area contributed by atoms with Gasteiger partial charge in [0.25, 0.3) is 0 Å². The number of carbonyl (C=O) groups excluding carboxylic acids is 1. The third kappa shape index (κ3) is 1.32. The fourth-order valence-corrected chi connectivity index (χ4v) is 1.96. The number of aromatic nitrogens is 2. The van der Waals surface area contributed by atoms with Gasteiger partial charge in [-0.25, -0.2) is 4.68 Å². The summed E-state index contributed by atoms with van der Waals surface area (Å²) in [5.41, 5.74) is 1.68. The fourth-order valence-electron chi connectivity index (χ4n) is 1.58. The Labute approximate surface area is 84.6 Å². The van der Waals surface area contributed by atoms with Gasteiger partial charge in [0.05, 0.1) is 13.2 Å². The van der Waals surface area contributed by atoms with Crippen LogP contribution in [0.25, 0.3) is 0 Å². The third-order valence-corrected chi connectivity index (χ3v) is 2.94. The van der Waals surface area contributed by atoms with Crippen molar-refractivity contribution < 1.29 is 4.79 Å². The van der Waals surface area contributed by atoms with Gasteiger partial charge in [-0.15, -0.1) is 0 Å². The second-order valence-electron chi connectivity index (χ2n) is 3.34. The maximum absolute atomic E-state index is 11.6. The van der Waals surface area contributed by atoms with Crippen LogP contribution in [0.4, 0.5) is 0 Å². The summed E-state index contributed by atoms with van der Waals surface area (Å²) in [6, 6.07) is 0. The van der Waals surface area contributed by atoms with Gasteiger partial charge in [0.1, 0.15) is 10.3 Å². The van der Waals surface area contributed by atoms with Crippen LogP contribution in [0.3, 0.4) is 0 Å². The van der Waals surface area contributed by atoms with E-state index in [1.165, 1.54) is 0 Å². The largest absolute Gasteiger partial charge is 0.291 e. The lowest BCUT2D eigenvalue weighted by molar-refractivity contribution is 0.0862. The van der Waals surface area contributed by atoms with Crippen LogP contribution in [0.1, 0.15) is 16.1 Å². The molecule has 13 heavy (non-hydrogen) atoms. The van der Waals surface area contributed by atoms with E-state index >= 15 is 0 Å². The minimum atomic E-state index is 0.143. The Bertz CT molecular complexity index is 372. The van der Waals surface area contributed by atoms with Crippen LogP contribution in [0.15, 0.2) is 4.60 Å². The molecule has 2 rings (SSSR count). The van der Waals surface area contributed by atoms with Crippen molar-refractivity contribution in [3.63, 3.8) is 0 Å². The van der Waals surface area contributed by atoms with Crippen molar-refractivity contribution in [2.75, 3.05) is 13.6 Å². The number of Topliss-reactive ketones (excluding diaryl/α,β-unsaturated/α-hetero) is 1. The van der Waals surface area contributed by atoms with Crippen LogP contribution in [0, 0.1) is 6.92 Å². The van der Waals surface area contributed by atoms with Crippen molar-refractivity contribution in [2.24, 2.45) is 0 Å². The smallest absolute Gasteiger partial charge is 0.195 e. The molecule has 2 heterocycles. The predicted molar refractivity (Wildman–Crippen MR) is 51.6 cm³/mol. The first kappa shape index (κ1) is 8.90. The number of likely N-dealkylation sites (N-methyl/N-ethyl adjacent to an activating group) is 1. The van der Waals surface area contributed by atoms with Crippen LogP contribution in [-0.4, -0.2) is 34.1 Å². The van der Waals surface area contributed by atoms with E-state index < -0.39 is 0 Å². The van der Waals surface area contributed by atoms with Crippen molar-refractivity contribution in [1.82, 2.24) is 14.7 Å². The Balaban J connectivity index is 2.55. The van der Waals surface area contributed by atoms with Gasteiger partial charge in [0, 0.05) is 5.56 Å². The van der Waals surface area contributed by atoms with E-state index in [0.717, 1.165) is 15.9 Å². The Hall–Kier alpha value is -0.680.